The van der Waals surface area contributed by atoms with Gasteiger partial charge in [0.15, 0.2) is 16.8 Å². The second kappa shape index (κ2) is 9.27. The zero-order valence-electron chi connectivity index (χ0n) is 15.9. The predicted molar refractivity (Wildman–Crippen MR) is 106 cm³/mol. The summed E-state index contributed by atoms with van der Waals surface area (Å²) in [6.45, 7) is 0.268. The molecule has 3 rings (SSSR count). The number of ether oxygens (including phenoxy) is 3. The average molecular weight is 399 g/mol. The van der Waals surface area contributed by atoms with E-state index in [1.54, 1.807) is 44.6 Å². The molecule has 0 aliphatic heterocycles. The van der Waals surface area contributed by atoms with Crippen LogP contribution in [0.2, 0.25) is 0 Å². The quantitative estimate of drug-likeness (QED) is 0.403. The Morgan fingerprint density at radius 3 is 2.43 bits per heavy atom. The van der Waals surface area contributed by atoms with Crippen molar-refractivity contribution in [3.63, 3.8) is 0 Å². The molecule has 7 nitrogen and oxygen atoms in total. The Kier molecular flexibility index (Phi) is 6.54. The van der Waals surface area contributed by atoms with Gasteiger partial charge in [-0.05, 0) is 36.4 Å². The monoisotopic (exact) mass is 399 g/mol. The maximum Gasteiger partial charge on any atom is 0.191 e. The first-order chi connectivity index (χ1) is 13.6. The zero-order chi connectivity index (χ0) is 19.9. The summed E-state index contributed by atoms with van der Waals surface area (Å²) in [7, 11) is 5.05. The van der Waals surface area contributed by atoms with Crippen LogP contribution in [0.3, 0.4) is 0 Å². The first-order valence-corrected chi connectivity index (χ1v) is 9.54. The smallest absolute Gasteiger partial charge is 0.191 e. The minimum Gasteiger partial charge on any atom is -0.497 e. The number of carbonyl (C=O) groups excluding carboxylic acids is 1. The van der Waals surface area contributed by atoms with Crippen LogP contribution < -0.4 is 14.2 Å². The summed E-state index contributed by atoms with van der Waals surface area (Å²) in [5, 5.41) is 8.97. The maximum absolute atomic E-state index is 12.4. The molecular weight excluding hydrogens is 378 g/mol. The van der Waals surface area contributed by atoms with E-state index in [9.17, 15) is 4.79 Å². The molecule has 0 fully saturated rings. The molecule has 0 saturated heterocycles. The Balaban J connectivity index is 1.57. The number of ketones is 1. The van der Waals surface area contributed by atoms with Gasteiger partial charge in [-0.1, -0.05) is 17.8 Å². The molecule has 2 aromatic carbocycles. The normalized spacial score (nSPS) is 10.5. The molecule has 0 spiro atoms. The van der Waals surface area contributed by atoms with E-state index >= 15 is 0 Å². The van der Waals surface area contributed by atoms with Crippen LogP contribution in [-0.2, 0) is 13.7 Å². The highest BCUT2D eigenvalue weighted by Crippen LogP contribution is 2.22. The third-order valence-corrected chi connectivity index (χ3v) is 5.10. The third kappa shape index (κ3) is 4.83. The highest BCUT2D eigenvalue weighted by atomic mass is 32.2. The van der Waals surface area contributed by atoms with Crippen LogP contribution >= 0.6 is 11.8 Å². The Bertz CT molecular complexity index is 941. The lowest BCUT2D eigenvalue weighted by Gasteiger charge is -2.08. The van der Waals surface area contributed by atoms with Gasteiger partial charge in [0.1, 0.15) is 23.9 Å². The van der Waals surface area contributed by atoms with Crippen molar-refractivity contribution in [1.82, 2.24) is 14.8 Å². The van der Waals surface area contributed by atoms with Crippen LogP contribution in [0.4, 0.5) is 0 Å². The number of thioether (sulfide) groups is 1. The first-order valence-electron chi connectivity index (χ1n) is 8.56. The van der Waals surface area contributed by atoms with E-state index in [1.807, 2.05) is 29.8 Å². The largest absolute Gasteiger partial charge is 0.497 e. The van der Waals surface area contributed by atoms with Gasteiger partial charge in [0.25, 0.3) is 0 Å². The van der Waals surface area contributed by atoms with Crippen LogP contribution in [0.25, 0.3) is 0 Å². The van der Waals surface area contributed by atoms with Gasteiger partial charge in [-0.2, -0.15) is 0 Å². The van der Waals surface area contributed by atoms with Crippen molar-refractivity contribution in [3.05, 3.63) is 59.9 Å². The predicted octanol–water partition coefficient (Wildman–Crippen LogP) is 3.39. The molecule has 28 heavy (non-hydrogen) atoms. The first kappa shape index (κ1) is 19.8. The van der Waals surface area contributed by atoms with Crippen LogP contribution in [0.5, 0.6) is 17.2 Å². The lowest BCUT2D eigenvalue weighted by atomic mass is 10.1. The van der Waals surface area contributed by atoms with E-state index in [2.05, 4.69) is 10.2 Å². The number of benzene rings is 2. The molecule has 0 aliphatic rings. The Morgan fingerprint density at radius 1 is 1.00 bits per heavy atom. The molecule has 0 aliphatic carbocycles. The second-order valence-electron chi connectivity index (χ2n) is 5.87. The second-order valence-corrected chi connectivity index (χ2v) is 6.81. The molecule has 146 valence electrons. The maximum atomic E-state index is 12.4. The summed E-state index contributed by atoms with van der Waals surface area (Å²) in [5.41, 5.74) is 0.636. The molecule has 0 amide bonds. The zero-order valence-corrected chi connectivity index (χ0v) is 16.7. The molecule has 0 radical (unpaired) electrons. The van der Waals surface area contributed by atoms with E-state index < -0.39 is 0 Å². The van der Waals surface area contributed by atoms with Gasteiger partial charge in [0.05, 0.1) is 20.0 Å². The molecule has 0 unspecified atom stereocenters. The van der Waals surface area contributed by atoms with Gasteiger partial charge >= 0.3 is 0 Å². The van der Waals surface area contributed by atoms with Crippen molar-refractivity contribution in [3.8, 4) is 17.2 Å². The summed E-state index contributed by atoms with van der Waals surface area (Å²) >= 11 is 1.34. The van der Waals surface area contributed by atoms with Crippen LogP contribution in [0.1, 0.15) is 16.2 Å². The third-order valence-electron chi connectivity index (χ3n) is 4.08. The Hall–Kier alpha value is -3.00. The fraction of sp³-hybridized carbons (Fsp3) is 0.250. The molecule has 8 heteroatoms. The number of rotatable bonds is 9. The number of Topliss-reactive ketones (excluding diaryl/α,β-unsaturated/α-hetero) is 1. The van der Waals surface area contributed by atoms with Crippen LogP contribution in [0.15, 0.2) is 53.7 Å². The highest BCUT2D eigenvalue weighted by Gasteiger charge is 2.13. The minimum atomic E-state index is 0.0184. The summed E-state index contributed by atoms with van der Waals surface area (Å²) in [5.74, 6) is 3.09. The van der Waals surface area contributed by atoms with Crippen molar-refractivity contribution in [2.75, 3.05) is 20.0 Å². The van der Waals surface area contributed by atoms with E-state index in [4.69, 9.17) is 14.2 Å². The number of carbonyl (C=O) groups is 1. The van der Waals surface area contributed by atoms with Crippen LogP contribution in [-0.4, -0.2) is 40.5 Å². The van der Waals surface area contributed by atoms with E-state index in [1.165, 1.54) is 11.8 Å². The number of nitrogens with zero attached hydrogens (tertiary/aromatic N) is 3. The fourth-order valence-corrected chi connectivity index (χ4v) is 3.25. The van der Waals surface area contributed by atoms with Crippen LogP contribution in [0, 0.1) is 0 Å². The van der Waals surface area contributed by atoms with Crippen molar-refractivity contribution < 1.29 is 19.0 Å². The van der Waals surface area contributed by atoms with Gasteiger partial charge in [-0.15, -0.1) is 10.2 Å². The molecule has 0 N–H and O–H groups in total. The average Bonchev–Trinajstić information content (AvgIpc) is 3.10. The number of hydrogen-bond acceptors (Lipinski definition) is 7. The van der Waals surface area contributed by atoms with E-state index in [0.717, 1.165) is 11.5 Å². The molecular formula is C20H21N3O4S. The van der Waals surface area contributed by atoms with Gasteiger partial charge in [0, 0.05) is 18.7 Å². The fourth-order valence-electron chi connectivity index (χ4n) is 2.43. The standard InChI is InChI=1S/C20H21N3O4S/c1-23-19(12-27-17-6-4-5-16(11-17)26-3)21-22-20(23)28-13-18(24)14-7-9-15(25-2)10-8-14/h4-11H,12-13H2,1-3H3. The van der Waals surface area contributed by atoms with E-state index in [0.29, 0.717) is 22.3 Å². The summed E-state index contributed by atoms with van der Waals surface area (Å²) in [4.78, 5) is 12.4. The molecule has 1 aromatic heterocycles. The molecule has 0 atom stereocenters. The summed E-state index contributed by atoms with van der Waals surface area (Å²) in [6.07, 6.45) is 0. The number of aromatic nitrogens is 3. The summed E-state index contributed by atoms with van der Waals surface area (Å²) < 4.78 is 17.9. The van der Waals surface area contributed by atoms with Crippen molar-refractivity contribution in [2.45, 2.75) is 11.8 Å². The molecule has 0 saturated carbocycles. The SMILES string of the molecule is COc1ccc(C(=O)CSc2nnc(COc3cccc(OC)c3)n2C)cc1. The van der Waals surface area contributed by atoms with Gasteiger partial charge in [-0.25, -0.2) is 0 Å². The number of methoxy groups -OCH3 is 2. The summed E-state index contributed by atoms with van der Waals surface area (Å²) in [6, 6.07) is 14.4. The topological polar surface area (TPSA) is 75.5 Å². The van der Waals surface area contributed by atoms with Gasteiger partial charge in [-0.3, -0.25) is 4.79 Å². The van der Waals surface area contributed by atoms with Gasteiger partial charge < -0.3 is 18.8 Å². The Morgan fingerprint density at radius 2 is 1.71 bits per heavy atom. The highest BCUT2D eigenvalue weighted by molar-refractivity contribution is 7.99. The number of hydrogen-bond donors (Lipinski definition) is 0. The Labute approximate surface area is 167 Å². The van der Waals surface area contributed by atoms with Crippen molar-refractivity contribution in [2.24, 2.45) is 7.05 Å². The van der Waals surface area contributed by atoms with Crippen molar-refractivity contribution >= 4 is 17.5 Å². The van der Waals surface area contributed by atoms with Crippen molar-refractivity contribution in [1.29, 1.82) is 0 Å². The van der Waals surface area contributed by atoms with Gasteiger partial charge in [0.2, 0.25) is 0 Å². The lowest BCUT2D eigenvalue weighted by Crippen LogP contribution is -2.06. The molecule has 1 heterocycles. The molecule has 3 aromatic rings. The minimum absolute atomic E-state index is 0.0184. The molecule has 0 bridgehead atoms. The van der Waals surface area contributed by atoms with E-state index in [-0.39, 0.29) is 18.1 Å². The lowest BCUT2D eigenvalue weighted by molar-refractivity contribution is 0.102.